The second kappa shape index (κ2) is 10.5. The molecule has 0 aromatic heterocycles. The van der Waals surface area contributed by atoms with Gasteiger partial charge >= 0.3 is 8.56 Å². The number of hydrogen-bond donors (Lipinski definition) is 0. The van der Waals surface area contributed by atoms with E-state index in [1.807, 2.05) is 0 Å². The molecule has 16 heavy (non-hydrogen) atoms. The Hall–Kier alpha value is 0.347. The topological polar surface area (TPSA) is 36.9 Å². The summed E-state index contributed by atoms with van der Waals surface area (Å²) >= 11 is 5.69. The maximum atomic E-state index is 5.80. The zero-order chi connectivity index (χ0) is 12.3. The largest absolute Gasteiger partial charge is 0.392 e. The van der Waals surface area contributed by atoms with Crippen LogP contribution in [0.1, 0.15) is 6.42 Å². The molecule has 0 saturated heterocycles. The zero-order valence-electron chi connectivity index (χ0n) is 10.5. The predicted molar refractivity (Wildman–Crippen MR) is 67.4 cm³/mol. The molecule has 98 valence electrons. The summed E-state index contributed by atoms with van der Waals surface area (Å²) in [6.45, 7) is 4.40. The summed E-state index contributed by atoms with van der Waals surface area (Å²) in [6.07, 6.45) is 0.921. The van der Waals surface area contributed by atoms with Gasteiger partial charge in [0.1, 0.15) is 0 Å². The van der Waals surface area contributed by atoms with Crippen molar-refractivity contribution in [3.63, 3.8) is 0 Å². The summed E-state index contributed by atoms with van der Waals surface area (Å²) < 4.78 is 21.5. The van der Waals surface area contributed by atoms with Crippen LogP contribution in [0.2, 0.25) is 12.6 Å². The van der Waals surface area contributed by atoms with Crippen molar-refractivity contribution in [2.45, 2.75) is 19.0 Å². The molecular formula is C10H23ClO4Si. The van der Waals surface area contributed by atoms with E-state index < -0.39 is 8.56 Å². The monoisotopic (exact) mass is 270 g/mol. The standard InChI is InChI=1S/C10H23ClO4Si/c1-12-6-8-14-16(3,10-4-5-11)15-9-7-13-2/h4-10H2,1-3H3. The van der Waals surface area contributed by atoms with Crippen molar-refractivity contribution in [1.29, 1.82) is 0 Å². The fourth-order valence-electron chi connectivity index (χ4n) is 1.26. The van der Waals surface area contributed by atoms with Crippen LogP contribution in [0, 0.1) is 0 Å². The first-order chi connectivity index (χ1) is 7.68. The van der Waals surface area contributed by atoms with Crippen LogP contribution in [0.5, 0.6) is 0 Å². The fourth-order valence-corrected chi connectivity index (χ4v) is 3.83. The Morgan fingerprint density at radius 3 is 1.81 bits per heavy atom. The Morgan fingerprint density at radius 2 is 1.44 bits per heavy atom. The van der Waals surface area contributed by atoms with E-state index >= 15 is 0 Å². The maximum Gasteiger partial charge on any atom is 0.335 e. The fraction of sp³-hybridized carbons (Fsp3) is 1.00. The summed E-state index contributed by atoms with van der Waals surface area (Å²) in [6, 6.07) is 0.907. The van der Waals surface area contributed by atoms with Crippen LogP contribution in [0.15, 0.2) is 0 Å². The highest BCUT2D eigenvalue weighted by atomic mass is 35.5. The van der Waals surface area contributed by atoms with Crippen LogP contribution in [0.4, 0.5) is 0 Å². The van der Waals surface area contributed by atoms with Crippen molar-refractivity contribution in [2.24, 2.45) is 0 Å². The van der Waals surface area contributed by atoms with Gasteiger partial charge in [0.15, 0.2) is 0 Å². The van der Waals surface area contributed by atoms with E-state index in [1.165, 1.54) is 0 Å². The molecule has 4 nitrogen and oxygen atoms in total. The second-order valence-electron chi connectivity index (χ2n) is 3.61. The van der Waals surface area contributed by atoms with Crippen molar-refractivity contribution in [2.75, 3.05) is 46.5 Å². The highest BCUT2D eigenvalue weighted by molar-refractivity contribution is 6.66. The van der Waals surface area contributed by atoms with Gasteiger partial charge in [-0.15, -0.1) is 11.6 Å². The molecule has 0 aromatic rings. The molecule has 0 heterocycles. The number of halogens is 1. The van der Waals surface area contributed by atoms with Gasteiger partial charge in [0.05, 0.1) is 26.4 Å². The van der Waals surface area contributed by atoms with Crippen molar-refractivity contribution >= 4 is 20.2 Å². The average Bonchev–Trinajstić information content (AvgIpc) is 2.27. The normalized spacial score (nSPS) is 12.0. The van der Waals surface area contributed by atoms with E-state index in [1.54, 1.807) is 14.2 Å². The molecule has 0 amide bonds. The Morgan fingerprint density at radius 1 is 0.938 bits per heavy atom. The smallest absolute Gasteiger partial charge is 0.335 e. The van der Waals surface area contributed by atoms with Crippen LogP contribution < -0.4 is 0 Å². The zero-order valence-corrected chi connectivity index (χ0v) is 12.2. The van der Waals surface area contributed by atoms with E-state index in [4.69, 9.17) is 29.9 Å². The third-order valence-corrected chi connectivity index (χ3v) is 5.31. The van der Waals surface area contributed by atoms with E-state index in [0.717, 1.165) is 12.5 Å². The molecule has 0 saturated carbocycles. The molecule has 0 aromatic carbocycles. The molecule has 0 fully saturated rings. The Balaban J connectivity index is 3.91. The van der Waals surface area contributed by atoms with Gasteiger partial charge in [-0.1, -0.05) is 0 Å². The minimum atomic E-state index is -2.09. The molecule has 0 aliphatic heterocycles. The number of methoxy groups -OCH3 is 2. The van der Waals surface area contributed by atoms with Gasteiger partial charge in [-0.2, -0.15) is 0 Å². The molecule has 0 N–H and O–H groups in total. The lowest BCUT2D eigenvalue weighted by molar-refractivity contribution is 0.0884. The lowest BCUT2D eigenvalue weighted by atomic mass is 10.6. The molecular weight excluding hydrogens is 248 g/mol. The molecule has 0 atom stereocenters. The quantitative estimate of drug-likeness (QED) is 0.327. The van der Waals surface area contributed by atoms with Crippen LogP contribution >= 0.6 is 11.6 Å². The van der Waals surface area contributed by atoms with E-state index in [2.05, 4.69) is 6.55 Å². The Kier molecular flexibility index (Phi) is 10.7. The molecule has 0 bridgehead atoms. The number of hydrogen-bond acceptors (Lipinski definition) is 4. The predicted octanol–water partition coefficient (Wildman–Crippen LogP) is 2.01. The number of rotatable bonds is 11. The lowest BCUT2D eigenvalue weighted by Crippen LogP contribution is -2.40. The van der Waals surface area contributed by atoms with E-state index in [-0.39, 0.29) is 0 Å². The highest BCUT2D eigenvalue weighted by Gasteiger charge is 2.30. The highest BCUT2D eigenvalue weighted by Crippen LogP contribution is 2.16. The van der Waals surface area contributed by atoms with Crippen LogP contribution in [0.3, 0.4) is 0 Å². The SMILES string of the molecule is COCCO[Si](C)(CCCCl)OCCOC. The molecule has 0 aliphatic rings. The van der Waals surface area contributed by atoms with E-state index in [0.29, 0.717) is 32.3 Å². The first kappa shape index (κ1) is 16.3. The van der Waals surface area contributed by atoms with Crippen LogP contribution in [-0.2, 0) is 18.3 Å². The molecule has 0 radical (unpaired) electrons. The third kappa shape index (κ3) is 8.49. The van der Waals surface area contributed by atoms with Crippen molar-refractivity contribution in [1.82, 2.24) is 0 Å². The minimum absolute atomic E-state index is 0.578. The summed E-state index contributed by atoms with van der Waals surface area (Å²) in [7, 11) is 1.23. The first-order valence-corrected chi connectivity index (χ1v) is 8.56. The van der Waals surface area contributed by atoms with Crippen LogP contribution in [-0.4, -0.2) is 55.1 Å². The van der Waals surface area contributed by atoms with Gasteiger partial charge in [-0.3, -0.25) is 0 Å². The Labute approximate surface area is 104 Å². The van der Waals surface area contributed by atoms with Crippen molar-refractivity contribution in [3.8, 4) is 0 Å². The van der Waals surface area contributed by atoms with Crippen molar-refractivity contribution < 1.29 is 18.3 Å². The van der Waals surface area contributed by atoms with Gasteiger partial charge in [0, 0.05) is 20.1 Å². The summed E-state index contributed by atoms with van der Waals surface area (Å²) in [5.41, 5.74) is 0. The minimum Gasteiger partial charge on any atom is -0.392 e. The van der Waals surface area contributed by atoms with Gasteiger partial charge in [0.25, 0.3) is 0 Å². The van der Waals surface area contributed by atoms with Crippen molar-refractivity contribution in [3.05, 3.63) is 0 Å². The molecule has 0 rings (SSSR count). The number of ether oxygens (including phenoxy) is 2. The maximum absolute atomic E-state index is 5.80. The summed E-state index contributed by atoms with van der Waals surface area (Å²) in [5.74, 6) is 0.643. The molecule has 0 aliphatic carbocycles. The van der Waals surface area contributed by atoms with Gasteiger partial charge in [-0.25, -0.2) is 0 Å². The molecule has 0 spiro atoms. The van der Waals surface area contributed by atoms with E-state index in [9.17, 15) is 0 Å². The number of alkyl halides is 1. The van der Waals surface area contributed by atoms with Gasteiger partial charge in [0.2, 0.25) is 0 Å². The van der Waals surface area contributed by atoms with Gasteiger partial charge in [-0.05, 0) is 19.0 Å². The summed E-state index contributed by atoms with van der Waals surface area (Å²) in [4.78, 5) is 0. The average molecular weight is 271 g/mol. The first-order valence-electron chi connectivity index (χ1n) is 5.50. The lowest BCUT2D eigenvalue weighted by Gasteiger charge is -2.26. The van der Waals surface area contributed by atoms with Gasteiger partial charge < -0.3 is 18.3 Å². The third-order valence-electron chi connectivity index (χ3n) is 2.15. The molecule has 6 heteroatoms. The summed E-state index contributed by atoms with van der Waals surface area (Å²) in [5, 5.41) is 0. The second-order valence-corrected chi connectivity index (χ2v) is 7.33. The van der Waals surface area contributed by atoms with Crippen LogP contribution in [0.25, 0.3) is 0 Å². The molecule has 0 unspecified atom stereocenters. The Bertz CT molecular complexity index is 150.